The summed E-state index contributed by atoms with van der Waals surface area (Å²) >= 11 is 0. The summed E-state index contributed by atoms with van der Waals surface area (Å²) in [5.74, 6) is -0.0371. The van der Waals surface area contributed by atoms with Gasteiger partial charge in [0.15, 0.2) is 0 Å². The van der Waals surface area contributed by atoms with Gasteiger partial charge in [0, 0.05) is 42.9 Å². The predicted molar refractivity (Wildman–Crippen MR) is 87.0 cm³/mol. The molecule has 5 nitrogen and oxygen atoms in total. The first-order valence-electron chi connectivity index (χ1n) is 7.88. The van der Waals surface area contributed by atoms with Crippen molar-refractivity contribution in [3.05, 3.63) is 35.5 Å². The number of carbonyl (C=O) groups is 1. The van der Waals surface area contributed by atoms with Gasteiger partial charge in [0.25, 0.3) is 5.91 Å². The second-order valence-corrected chi connectivity index (χ2v) is 5.77. The zero-order chi connectivity index (χ0) is 15.4. The first-order chi connectivity index (χ1) is 10.8. The summed E-state index contributed by atoms with van der Waals surface area (Å²) in [5.41, 5.74) is 2.96. The van der Waals surface area contributed by atoms with E-state index in [1.54, 1.807) is 7.11 Å². The first-order valence-corrected chi connectivity index (χ1v) is 7.88. The van der Waals surface area contributed by atoms with Gasteiger partial charge in [-0.15, -0.1) is 0 Å². The van der Waals surface area contributed by atoms with E-state index in [2.05, 4.69) is 15.2 Å². The molecule has 0 bridgehead atoms. The highest BCUT2D eigenvalue weighted by atomic mass is 16.5. The average molecular weight is 301 g/mol. The summed E-state index contributed by atoms with van der Waals surface area (Å²) in [5, 5.41) is 3.96. The molecule has 0 unspecified atom stereocenters. The Kier molecular flexibility index (Phi) is 4.75. The number of rotatable bonds is 6. The van der Waals surface area contributed by atoms with Gasteiger partial charge in [0.2, 0.25) is 0 Å². The van der Waals surface area contributed by atoms with Crippen molar-refractivity contribution in [2.75, 3.05) is 33.4 Å². The fourth-order valence-electron chi connectivity index (χ4n) is 3.11. The number of carbonyl (C=O) groups excluding carboxylic acids is 1. The molecule has 1 aromatic carbocycles. The van der Waals surface area contributed by atoms with Crippen molar-refractivity contribution in [3.8, 4) is 0 Å². The Hall–Kier alpha value is -1.85. The number of aromatic nitrogens is 1. The molecule has 22 heavy (non-hydrogen) atoms. The van der Waals surface area contributed by atoms with Crippen molar-refractivity contribution in [2.45, 2.75) is 19.4 Å². The van der Waals surface area contributed by atoms with Gasteiger partial charge < -0.3 is 15.0 Å². The number of hydrogen-bond donors (Lipinski definition) is 2. The van der Waals surface area contributed by atoms with E-state index in [-0.39, 0.29) is 5.91 Å². The minimum atomic E-state index is -0.0371. The number of amides is 1. The summed E-state index contributed by atoms with van der Waals surface area (Å²) in [6.45, 7) is 4.25. The number of hydrogen-bond acceptors (Lipinski definition) is 3. The molecule has 0 radical (unpaired) electrons. The molecule has 0 aliphatic carbocycles. The zero-order valence-electron chi connectivity index (χ0n) is 13.0. The second kappa shape index (κ2) is 6.94. The fraction of sp³-hybridized carbons (Fsp3) is 0.471. The molecule has 1 aromatic heterocycles. The maximum atomic E-state index is 12.4. The van der Waals surface area contributed by atoms with E-state index in [0.717, 1.165) is 36.1 Å². The molecular formula is C17H23N3O2. The van der Waals surface area contributed by atoms with Gasteiger partial charge in [0.1, 0.15) is 0 Å². The summed E-state index contributed by atoms with van der Waals surface area (Å²) in [6, 6.07) is 5.84. The van der Waals surface area contributed by atoms with Crippen molar-refractivity contribution < 1.29 is 9.53 Å². The fourth-order valence-corrected chi connectivity index (χ4v) is 3.11. The monoisotopic (exact) mass is 301 g/mol. The lowest BCUT2D eigenvalue weighted by Gasteiger charge is -2.14. The summed E-state index contributed by atoms with van der Waals surface area (Å²) in [4.78, 5) is 18.2. The second-order valence-electron chi connectivity index (χ2n) is 5.77. The quantitative estimate of drug-likeness (QED) is 0.804. The minimum Gasteiger partial charge on any atom is -0.383 e. The zero-order valence-corrected chi connectivity index (χ0v) is 13.0. The van der Waals surface area contributed by atoms with Crippen LogP contribution in [0.25, 0.3) is 10.9 Å². The van der Waals surface area contributed by atoms with Crippen molar-refractivity contribution >= 4 is 16.8 Å². The molecule has 5 heteroatoms. The number of ether oxygens (including phenoxy) is 1. The third-order valence-electron chi connectivity index (χ3n) is 4.22. The Morgan fingerprint density at radius 2 is 2.18 bits per heavy atom. The highest BCUT2D eigenvalue weighted by molar-refractivity contribution is 6.07. The van der Waals surface area contributed by atoms with Crippen LogP contribution in [0.15, 0.2) is 24.4 Å². The number of benzene rings is 1. The van der Waals surface area contributed by atoms with Gasteiger partial charge in [-0.05, 0) is 43.6 Å². The van der Waals surface area contributed by atoms with Crippen LogP contribution in [-0.2, 0) is 11.3 Å². The topological polar surface area (TPSA) is 57.4 Å². The molecule has 1 amide bonds. The van der Waals surface area contributed by atoms with Crippen LogP contribution in [0.5, 0.6) is 0 Å². The largest absolute Gasteiger partial charge is 0.383 e. The van der Waals surface area contributed by atoms with E-state index < -0.39 is 0 Å². The summed E-state index contributed by atoms with van der Waals surface area (Å²) in [6.07, 6.45) is 4.58. The van der Waals surface area contributed by atoms with Crippen LogP contribution in [0, 0.1) is 0 Å². The van der Waals surface area contributed by atoms with Crippen molar-refractivity contribution in [1.29, 1.82) is 0 Å². The maximum Gasteiger partial charge on any atom is 0.252 e. The third kappa shape index (κ3) is 3.15. The third-order valence-corrected chi connectivity index (χ3v) is 4.22. The molecule has 1 fully saturated rings. The van der Waals surface area contributed by atoms with Crippen LogP contribution in [-0.4, -0.2) is 49.1 Å². The van der Waals surface area contributed by atoms with E-state index in [0.29, 0.717) is 13.2 Å². The van der Waals surface area contributed by atoms with Gasteiger partial charge in [0.05, 0.1) is 6.61 Å². The van der Waals surface area contributed by atoms with Crippen molar-refractivity contribution in [1.82, 2.24) is 15.2 Å². The number of fused-ring (bicyclic) bond motifs is 1. The van der Waals surface area contributed by atoms with E-state index >= 15 is 0 Å². The lowest BCUT2D eigenvalue weighted by Crippen LogP contribution is -2.27. The van der Waals surface area contributed by atoms with E-state index in [1.165, 1.54) is 18.4 Å². The van der Waals surface area contributed by atoms with Crippen LogP contribution in [0.4, 0.5) is 0 Å². The number of methoxy groups -OCH3 is 1. The highest BCUT2D eigenvalue weighted by Gasteiger charge is 2.18. The Morgan fingerprint density at radius 1 is 1.36 bits per heavy atom. The van der Waals surface area contributed by atoms with E-state index in [4.69, 9.17) is 4.74 Å². The lowest BCUT2D eigenvalue weighted by atomic mass is 10.1. The van der Waals surface area contributed by atoms with E-state index in [1.807, 2.05) is 24.4 Å². The maximum absolute atomic E-state index is 12.4. The van der Waals surface area contributed by atoms with Gasteiger partial charge in [-0.1, -0.05) is 6.07 Å². The average Bonchev–Trinajstić information content (AvgIpc) is 3.18. The van der Waals surface area contributed by atoms with Crippen molar-refractivity contribution in [3.63, 3.8) is 0 Å². The molecular weight excluding hydrogens is 278 g/mol. The number of aromatic amines is 1. The molecule has 118 valence electrons. The lowest BCUT2D eigenvalue weighted by molar-refractivity contribution is 0.0938. The number of H-pyrrole nitrogens is 1. The predicted octanol–water partition coefficient (Wildman–Crippen LogP) is 2.14. The molecule has 2 heterocycles. The Labute approximate surface area is 130 Å². The molecule has 1 aliphatic rings. The summed E-state index contributed by atoms with van der Waals surface area (Å²) in [7, 11) is 1.63. The smallest absolute Gasteiger partial charge is 0.252 e. The van der Waals surface area contributed by atoms with E-state index in [9.17, 15) is 4.79 Å². The minimum absolute atomic E-state index is 0.0371. The SMILES string of the molecule is COCCNC(=O)c1cccc2[nH]cc(CN3CCCC3)c12. The standard InChI is InChI=1S/C17H23N3O2/c1-22-10-7-18-17(21)14-5-4-6-15-16(14)13(11-19-15)12-20-8-2-3-9-20/h4-6,11,19H,2-3,7-10,12H2,1H3,(H,18,21). The molecule has 0 atom stereocenters. The number of nitrogens with one attached hydrogen (secondary N) is 2. The Bertz CT molecular complexity index is 644. The van der Waals surface area contributed by atoms with Crippen LogP contribution >= 0.6 is 0 Å². The number of nitrogens with zero attached hydrogens (tertiary/aromatic N) is 1. The molecule has 3 rings (SSSR count). The van der Waals surface area contributed by atoms with Crippen LogP contribution in [0.3, 0.4) is 0 Å². The molecule has 2 N–H and O–H groups in total. The van der Waals surface area contributed by atoms with Crippen LogP contribution in [0.1, 0.15) is 28.8 Å². The molecule has 0 spiro atoms. The van der Waals surface area contributed by atoms with Crippen LogP contribution in [0.2, 0.25) is 0 Å². The molecule has 1 aliphatic heterocycles. The first kappa shape index (κ1) is 15.1. The molecule has 1 saturated heterocycles. The molecule has 0 saturated carbocycles. The van der Waals surface area contributed by atoms with Gasteiger partial charge in [-0.25, -0.2) is 0 Å². The molecule has 2 aromatic rings. The summed E-state index contributed by atoms with van der Waals surface area (Å²) < 4.78 is 4.99. The Morgan fingerprint density at radius 3 is 2.95 bits per heavy atom. The van der Waals surface area contributed by atoms with Gasteiger partial charge >= 0.3 is 0 Å². The van der Waals surface area contributed by atoms with Gasteiger partial charge in [-0.3, -0.25) is 9.69 Å². The Balaban J connectivity index is 1.85. The van der Waals surface area contributed by atoms with Gasteiger partial charge in [-0.2, -0.15) is 0 Å². The number of likely N-dealkylation sites (tertiary alicyclic amines) is 1. The highest BCUT2D eigenvalue weighted by Crippen LogP contribution is 2.25. The van der Waals surface area contributed by atoms with Crippen LogP contribution < -0.4 is 5.32 Å². The normalized spacial score (nSPS) is 15.5. The van der Waals surface area contributed by atoms with Crippen molar-refractivity contribution in [2.24, 2.45) is 0 Å².